The fourth-order valence-corrected chi connectivity index (χ4v) is 6.67. The highest BCUT2D eigenvalue weighted by atomic mass is 32.2. The van der Waals surface area contributed by atoms with Gasteiger partial charge in [-0.1, -0.05) is 0 Å². The third-order valence-electron chi connectivity index (χ3n) is 6.46. The van der Waals surface area contributed by atoms with Crippen LogP contribution in [0.2, 0.25) is 0 Å². The van der Waals surface area contributed by atoms with E-state index in [0.717, 1.165) is 22.6 Å². The Labute approximate surface area is 160 Å². The first-order valence-electron chi connectivity index (χ1n) is 9.71. The van der Waals surface area contributed by atoms with Crippen LogP contribution in [0.3, 0.4) is 0 Å². The molecule has 0 spiro atoms. The smallest absolute Gasteiger partial charge is 0.233 e. The van der Waals surface area contributed by atoms with Gasteiger partial charge < -0.3 is 14.8 Å². The van der Waals surface area contributed by atoms with Crippen LogP contribution in [0.25, 0.3) is 0 Å². The molecule has 26 heavy (non-hydrogen) atoms. The maximum atomic E-state index is 12.9. The zero-order valence-electron chi connectivity index (χ0n) is 15.9. The Morgan fingerprint density at radius 3 is 2.19 bits per heavy atom. The third-order valence-corrected chi connectivity index (χ3v) is 7.56. The summed E-state index contributed by atoms with van der Waals surface area (Å²) < 4.78 is 10.7. The van der Waals surface area contributed by atoms with Crippen molar-refractivity contribution in [2.75, 3.05) is 14.2 Å². The summed E-state index contributed by atoms with van der Waals surface area (Å²) in [4.78, 5) is 13.9. The summed E-state index contributed by atoms with van der Waals surface area (Å²) >= 11 is 1.58. The highest BCUT2D eigenvalue weighted by Crippen LogP contribution is 2.55. The van der Waals surface area contributed by atoms with Crippen LogP contribution in [-0.2, 0) is 4.79 Å². The van der Waals surface area contributed by atoms with Crippen LogP contribution in [0.4, 0.5) is 0 Å². The average Bonchev–Trinajstić information content (AvgIpc) is 2.59. The Hall–Kier alpha value is -1.36. The van der Waals surface area contributed by atoms with E-state index in [4.69, 9.17) is 9.47 Å². The predicted octanol–water partition coefficient (Wildman–Crippen LogP) is 4.27. The van der Waals surface area contributed by atoms with Gasteiger partial charge in [-0.05, 0) is 81.4 Å². The summed E-state index contributed by atoms with van der Waals surface area (Å²) in [6.45, 7) is 2.00. The Kier molecular flexibility index (Phi) is 4.84. The van der Waals surface area contributed by atoms with Crippen LogP contribution in [0, 0.1) is 17.8 Å². The lowest BCUT2D eigenvalue weighted by molar-refractivity contribution is -0.126. The van der Waals surface area contributed by atoms with Gasteiger partial charge in [0, 0.05) is 10.4 Å². The number of hydrogen-bond donors (Lipinski definition) is 1. The van der Waals surface area contributed by atoms with Crippen molar-refractivity contribution in [1.82, 2.24) is 5.32 Å². The summed E-state index contributed by atoms with van der Waals surface area (Å²) in [7, 11) is 3.27. The van der Waals surface area contributed by atoms with Gasteiger partial charge >= 0.3 is 0 Å². The molecule has 0 radical (unpaired) electrons. The quantitative estimate of drug-likeness (QED) is 0.755. The number of methoxy groups -OCH3 is 2. The number of hydrogen-bond acceptors (Lipinski definition) is 4. The molecule has 1 atom stereocenters. The molecule has 1 N–H and O–H groups in total. The Balaban J connectivity index is 1.41. The summed E-state index contributed by atoms with van der Waals surface area (Å²) in [5.41, 5.74) is 0.0816. The second kappa shape index (κ2) is 6.99. The SMILES string of the molecule is COc1ccc(S[C@H](C)C(=O)NC23CC4CC(CC(C4)C2)C3)cc1OC. The Bertz CT molecular complexity index is 655. The second-order valence-electron chi connectivity index (χ2n) is 8.46. The van der Waals surface area contributed by atoms with E-state index in [2.05, 4.69) is 5.32 Å². The maximum Gasteiger partial charge on any atom is 0.233 e. The zero-order valence-corrected chi connectivity index (χ0v) is 16.7. The highest BCUT2D eigenvalue weighted by molar-refractivity contribution is 8.00. The van der Waals surface area contributed by atoms with E-state index in [1.165, 1.54) is 38.5 Å². The van der Waals surface area contributed by atoms with Crippen LogP contribution in [-0.4, -0.2) is 30.9 Å². The highest BCUT2D eigenvalue weighted by Gasteiger charge is 2.51. The van der Waals surface area contributed by atoms with Crippen molar-refractivity contribution in [1.29, 1.82) is 0 Å². The van der Waals surface area contributed by atoms with Crippen molar-refractivity contribution in [3.63, 3.8) is 0 Å². The fraction of sp³-hybridized carbons (Fsp3) is 0.667. The largest absolute Gasteiger partial charge is 0.493 e. The van der Waals surface area contributed by atoms with Crippen LogP contribution < -0.4 is 14.8 Å². The standard InChI is InChI=1S/C21H29NO3S/c1-13(26-17-4-5-18(24-2)19(9-17)25-3)20(23)22-21-10-14-6-15(11-21)8-16(7-14)12-21/h4-5,9,13-16H,6-8,10-12H2,1-3H3,(H,22,23)/t13-,14?,15?,16?,21?/m1/s1. The van der Waals surface area contributed by atoms with E-state index in [9.17, 15) is 4.79 Å². The molecule has 4 aliphatic carbocycles. The normalized spacial score (nSPS) is 33.0. The average molecular weight is 376 g/mol. The van der Waals surface area contributed by atoms with E-state index in [1.54, 1.807) is 26.0 Å². The molecular formula is C21H29NO3S. The number of rotatable bonds is 6. The Morgan fingerprint density at radius 1 is 1.08 bits per heavy atom. The molecule has 4 saturated carbocycles. The summed E-state index contributed by atoms with van der Waals surface area (Å²) in [6, 6.07) is 5.82. The van der Waals surface area contributed by atoms with Gasteiger partial charge in [0.2, 0.25) is 5.91 Å². The minimum absolute atomic E-state index is 0.0816. The van der Waals surface area contributed by atoms with Crippen LogP contribution in [0.5, 0.6) is 11.5 Å². The number of carbonyl (C=O) groups is 1. The molecule has 142 valence electrons. The van der Waals surface area contributed by atoms with Gasteiger partial charge in [-0.15, -0.1) is 11.8 Å². The maximum absolute atomic E-state index is 12.9. The summed E-state index contributed by atoms with van der Waals surface area (Å²) in [6.07, 6.45) is 7.76. The first-order valence-corrected chi connectivity index (χ1v) is 10.6. The molecule has 0 saturated heterocycles. The van der Waals surface area contributed by atoms with Crippen molar-refractivity contribution in [2.24, 2.45) is 17.8 Å². The first-order chi connectivity index (χ1) is 12.5. The van der Waals surface area contributed by atoms with Gasteiger partial charge in [-0.25, -0.2) is 0 Å². The summed E-state index contributed by atoms with van der Waals surface area (Å²) in [5, 5.41) is 3.36. The van der Waals surface area contributed by atoms with Gasteiger partial charge in [0.1, 0.15) is 0 Å². The van der Waals surface area contributed by atoms with E-state index in [1.807, 2.05) is 25.1 Å². The molecule has 4 bridgehead atoms. The minimum Gasteiger partial charge on any atom is -0.493 e. The molecule has 1 aromatic rings. The monoisotopic (exact) mass is 375 g/mol. The lowest BCUT2D eigenvalue weighted by Crippen LogP contribution is -2.60. The van der Waals surface area contributed by atoms with Crippen LogP contribution >= 0.6 is 11.8 Å². The first kappa shape index (κ1) is 18.0. The third kappa shape index (κ3) is 3.42. The number of thioether (sulfide) groups is 1. The number of amides is 1. The minimum atomic E-state index is -0.124. The van der Waals surface area contributed by atoms with E-state index in [-0.39, 0.29) is 16.7 Å². The molecule has 4 aliphatic rings. The molecule has 0 aliphatic heterocycles. The van der Waals surface area contributed by atoms with Crippen LogP contribution in [0.1, 0.15) is 45.4 Å². The van der Waals surface area contributed by atoms with Gasteiger partial charge in [-0.3, -0.25) is 4.79 Å². The summed E-state index contributed by atoms with van der Waals surface area (Å²) in [5.74, 6) is 4.11. The van der Waals surface area contributed by atoms with E-state index < -0.39 is 0 Å². The molecule has 0 aromatic heterocycles. The number of ether oxygens (including phenoxy) is 2. The predicted molar refractivity (Wildman–Crippen MR) is 104 cm³/mol. The number of nitrogens with one attached hydrogen (secondary N) is 1. The van der Waals surface area contributed by atoms with E-state index >= 15 is 0 Å². The molecule has 1 amide bonds. The van der Waals surface area contributed by atoms with Crippen molar-refractivity contribution in [3.05, 3.63) is 18.2 Å². The Morgan fingerprint density at radius 2 is 1.65 bits per heavy atom. The van der Waals surface area contributed by atoms with Gasteiger partial charge in [0.15, 0.2) is 11.5 Å². The van der Waals surface area contributed by atoms with E-state index in [0.29, 0.717) is 11.5 Å². The molecule has 0 unspecified atom stereocenters. The number of benzene rings is 1. The van der Waals surface area contributed by atoms with Gasteiger partial charge in [-0.2, -0.15) is 0 Å². The number of carbonyl (C=O) groups excluding carboxylic acids is 1. The molecule has 5 heteroatoms. The molecule has 0 heterocycles. The van der Waals surface area contributed by atoms with Gasteiger partial charge in [0.25, 0.3) is 0 Å². The van der Waals surface area contributed by atoms with Crippen molar-refractivity contribution < 1.29 is 14.3 Å². The molecule has 1 aromatic carbocycles. The fourth-order valence-electron chi connectivity index (χ4n) is 5.77. The lowest BCUT2D eigenvalue weighted by Gasteiger charge is -2.57. The van der Waals surface area contributed by atoms with Crippen molar-refractivity contribution in [3.8, 4) is 11.5 Å². The van der Waals surface area contributed by atoms with Gasteiger partial charge in [0.05, 0.1) is 19.5 Å². The molecule has 4 fully saturated rings. The lowest BCUT2D eigenvalue weighted by atomic mass is 9.53. The van der Waals surface area contributed by atoms with Crippen molar-refractivity contribution >= 4 is 17.7 Å². The zero-order chi connectivity index (χ0) is 18.3. The van der Waals surface area contributed by atoms with Crippen LogP contribution in [0.15, 0.2) is 23.1 Å². The molecule has 5 rings (SSSR count). The molecule has 4 nitrogen and oxygen atoms in total. The molecular weight excluding hydrogens is 346 g/mol. The van der Waals surface area contributed by atoms with Crippen molar-refractivity contribution in [2.45, 2.75) is 61.1 Å². The topological polar surface area (TPSA) is 47.6 Å². The second-order valence-corrected chi connectivity index (χ2v) is 9.88.